The van der Waals surface area contributed by atoms with E-state index in [1.807, 2.05) is 0 Å². The number of aryl methyl sites for hydroxylation is 2. The molecular formula is C35H63. The summed E-state index contributed by atoms with van der Waals surface area (Å²) in [5, 5.41) is 0. The summed E-state index contributed by atoms with van der Waals surface area (Å²) < 4.78 is 0. The summed E-state index contributed by atoms with van der Waals surface area (Å²) in [4.78, 5) is 0. The highest BCUT2D eigenvalue weighted by Gasteiger charge is 2.09. The molecule has 0 bridgehead atoms. The first-order valence-corrected chi connectivity index (χ1v) is 16.3. The second kappa shape index (κ2) is 24.9. The maximum Gasteiger partial charge on any atom is -0.0146 e. The largest absolute Gasteiger partial charge is 0.0654 e. The normalized spacial score (nSPS) is 11.4. The zero-order valence-corrected chi connectivity index (χ0v) is 24.5. The Balaban J connectivity index is 2.35. The van der Waals surface area contributed by atoms with Gasteiger partial charge in [-0.05, 0) is 61.3 Å². The highest BCUT2D eigenvalue weighted by atomic mass is 14.1. The van der Waals surface area contributed by atoms with Gasteiger partial charge in [-0.3, -0.25) is 0 Å². The molecule has 0 spiro atoms. The Morgan fingerprint density at radius 2 is 0.800 bits per heavy atom. The topological polar surface area (TPSA) is 0 Å². The Morgan fingerprint density at radius 3 is 1.29 bits per heavy atom. The number of unbranched alkanes of at least 4 members (excludes halogenated alkanes) is 20. The van der Waals surface area contributed by atoms with E-state index in [0.29, 0.717) is 0 Å². The van der Waals surface area contributed by atoms with Crippen LogP contribution < -0.4 is 0 Å². The second-order valence-electron chi connectivity index (χ2n) is 11.3. The van der Waals surface area contributed by atoms with Crippen LogP contribution in [0, 0.1) is 6.07 Å². The average molecular weight is 484 g/mol. The predicted octanol–water partition coefficient (Wildman–Crippen LogP) is 12.1. The zero-order chi connectivity index (χ0) is 25.2. The molecular weight excluding hydrogens is 420 g/mol. The van der Waals surface area contributed by atoms with Gasteiger partial charge in [0, 0.05) is 0 Å². The third-order valence-corrected chi connectivity index (χ3v) is 7.90. The first-order valence-electron chi connectivity index (χ1n) is 16.3. The molecule has 1 aromatic carbocycles. The maximum atomic E-state index is 3.66. The maximum absolute atomic E-state index is 3.66. The second-order valence-corrected chi connectivity index (χ2v) is 11.3. The highest BCUT2D eigenvalue weighted by Crippen LogP contribution is 2.23. The van der Waals surface area contributed by atoms with Crippen LogP contribution in [0.3, 0.4) is 0 Å². The highest BCUT2D eigenvalue weighted by molar-refractivity contribution is 5.35. The molecule has 0 N–H and O–H groups in total. The lowest BCUT2D eigenvalue weighted by atomic mass is 9.90. The monoisotopic (exact) mass is 483 g/mol. The summed E-state index contributed by atoms with van der Waals surface area (Å²) in [6, 6.07) is 8.30. The Morgan fingerprint density at radius 1 is 0.429 bits per heavy atom. The van der Waals surface area contributed by atoms with Crippen molar-refractivity contribution in [2.24, 2.45) is 0 Å². The Bertz CT molecular complexity index is 557. The van der Waals surface area contributed by atoms with Crippen molar-refractivity contribution in [1.29, 1.82) is 0 Å². The lowest BCUT2D eigenvalue weighted by Crippen LogP contribution is -2.02. The quantitative estimate of drug-likeness (QED) is 0.115. The molecule has 1 radical (unpaired) electrons. The van der Waals surface area contributed by atoms with E-state index < -0.39 is 0 Å². The third kappa shape index (κ3) is 18.2. The van der Waals surface area contributed by atoms with Crippen LogP contribution in [0.15, 0.2) is 12.1 Å². The summed E-state index contributed by atoms with van der Waals surface area (Å²) >= 11 is 0. The van der Waals surface area contributed by atoms with E-state index in [0.717, 1.165) is 0 Å². The van der Waals surface area contributed by atoms with Crippen LogP contribution in [-0.4, -0.2) is 0 Å². The molecule has 0 saturated carbocycles. The van der Waals surface area contributed by atoms with Crippen molar-refractivity contribution in [2.75, 3.05) is 0 Å². The molecule has 0 nitrogen and oxygen atoms in total. The van der Waals surface area contributed by atoms with Gasteiger partial charge in [-0.25, -0.2) is 0 Å². The summed E-state index contributed by atoms with van der Waals surface area (Å²) in [5.41, 5.74) is 4.91. The van der Waals surface area contributed by atoms with Gasteiger partial charge in [-0.2, -0.15) is 0 Å². The lowest BCUT2D eigenvalue weighted by molar-refractivity contribution is 0.552. The van der Waals surface area contributed by atoms with E-state index in [1.165, 1.54) is 167 Å². The molecule has 0 aromatic heterocycles. The molecule has 0 saturated heterocycles. The van der Waals surface area contributed by atoms with Crippen molar-refractivity contribution in [2.45, 2.75) is 188 Å². The molecule has 203 valence electrons. The minimum Gasteiger partial charge on any atom is -0.0654 e. The minimum absolute atomic E-state index is 1.24. The van der Waals surface area contributed by atoms with Crippen molar-refractivity contribution < 1.29 is 0 Å². The first kappa shape index (κ1) is 32.2. The van der Waals surface area contributed by atoms with Crippen molar-refractivity contribution >= 4 is 0 Å². The van der Waals surface area contributed by atoms with Gasteiger partial charge in [-0.15, -0.1) is 0 Å². The van der Waals surface area contributed by atoms with E-state index in [1.54, 1.807) is 16.7 Å². The van der Waals surface area contributed by atoms with Crippen LogP contribution >= 0.6 is 0 Å². The molecule has 0 heteroatoms. The van der Waals surface area contributed by atoms with Crippen LogP contribution in [0.4, 0.5) is 0 Å². The lowest BCUT2D eigenvalue weighted by Gasteiger charge is -2.15. The molecule has 1 aromatic rings. The fourth-order valence-electron chi connectivity index (χ4n) is 5.54. The fraction of sp³-hybridized carbons (Fsp3) is 0.829. The van der Waals surface area contributed by atoms with Gasteiger partial charge in [0.1, 0.15) is 0 Å². The van der Waals surface area contributed by atoms with Crippen molar-refractivity contribution in [3.63, 3.8) is 0 Å². The summed E-state index contributed by atoms with van der Waals surface area (Å²) in [6.07, 6.45) is 36.4. The van der Waals surface area contributed by atoms with Gasteiger partial charge in [0.25, 0.3) is 0 Å². The molecule has 35 heavy (non-hydrogen) atoms. The van der Waals surface area contributed by atoms with Gasteiger partial charge in [0.05, 0.1) is 0 Å². The van der Waals surface area contributed by atoms with Gasteiger partial charge in [-0.1, -0.05) is 161 Å². The molecule has 0 aliphatic heterocycles. The van der Waals surface area contributed by atoms with Crippen LogP contribution in [0.2, 0.25) is 0 Å². The van der Waals surface area contributed by atoms with Crippen LogP contribution in [0.25, 0.3) is 0 Å². The zero-order valence-electron chi connectivity index (χ0n) is 24.5. The molecule has 0 atom stereocenters. The van der Waals surface area contributed by atoms with Crippen molar-refractivity contribution in [3.8, 4) is 0 Å². The van der Waals surface area contributed by atoms with E-state index in [2.05, 4.69) is 39.0 Å². The molecule has 0 unspecified atom stereocenters. The van der Waals surface area contributed by atoms with Gasteiger partial charge in [0.2, 0.25) is 0 Å². The average Bonchev–Trinajstić information content (AvgIpc) is 2.87. The first-order chi connectivity index (χ1) is 17.3. The molecule has 0 amide bonds. The third-order valence-electron chi connectivity index (χ3n) is 7.90. The summed E-state index contributed by atoms with van der Waals surface area (Å²) in [7, 11) is 0. The summed E-state index contributed by atoms with van der Waals surface area (Å²) in [6.45, 7) is 6.93. The fourth-order valence-corrected chi connectivity index (χ4v) is 5.54. The Labute approximate surface area is 222 Å². The number of benzene rings is 1. The molecule has 0 fully saturated rings. The van der Waals surface area contributed by atoms with E-state index >= 15 is 0 Å². The molecule has 0 aliphatic carbocycles. The van der Waals surface area contributed by atoms with E-state index in [4.69, 9.17) is 0 Å². The van der Waals surface area contributed by atoms with E-state index in [-0.39, 0.29) is 0 Å². The Kier molecular flexibility index (Phi) is 22.9. The van der Waals surface area contributed by atoms with Crippen LogP contribution in [-0.2, 0) is 19.3 Å². The number of rotatable bonds is 26. The predicted molar refractivity (Wildman–Crippen MR) is 160 cm³/mol. The number of hydrogen-bond donors (Lipinski definition) is 0. The van der Waals surface area contributed by atoms with Gasteiger partial charge < -0.3 is 0 Å². The van der Waals surface area contributed by atoms with E-state index in [9.17, 15) is 0 Å². The Hall–Kier alpha value is -0.780. The molecule has 1 rings (SSSR count). The van der Waals surface area contributed by atoms with Crippen molar-refractivity contribution in [3.05, 3.63) is 34.9 Å². The van der Waals surface area contributed by atoms with Gasteiger partial charge in [0.15, 0.2) is 0 Å². The molecule has 0 aliphatic rings. The standard InChI is InChI=1S/C35H63/c1-4-7-10-12-14-16-18-20-22-25-29-34-31-27-30-33(28-24-9-6-3)35(34)32-26-23-21-19-17-15-13-11-8-5-2/h27,31H,4-26,28-29,32H2,1-3H3. The summed E-state index contributed by atoms with van der Waals surface area (Å²) in [5.74, 6) is 0. The smallest absolute Gasteiger partial charge is 0.0146 e. The number of hydrogen-bond acceptors (Lipinski definition) is 0. The molecule has 0 heterocycles. The van der Waals surface area contributed by atoms with Crippen molar-refractivity contribution in [1.82, 2.24) is 0 Å². The van der Waals surface area contributed by atoms with Crippen LogP contribution in [0.1, 0.15) is 185 Å². The van der Waals surface area contributed by atoms with Crippen LogP contribution in [0.5, 0.6) is 0 Å². The van der Waals surface area contributed by atoms with Gasteiger partial charge >= 0.3 is 0 Å². The minimum atomic E-state index is 1.24. The SMILES string of the molecule is CCCCCCCCCCCCc1cc[c]c(CCCCC)c1CCCCCCCCCCCC.